The Labute approximate surface area is 151 Å². The number of rotatable bonds is 6. The number of H-pyrrole nitrogens is 1. The van der Waals surface area contributed by atoms with Crippen molar-refractivity contribution < 1.29 is 4.79 Å². The van der Waals surface area contributed by atoms with Crippen molar-refractivity contribution in [1.82, 2.24) is 15.3 Å². The number of nitrogens with one attached hydrogen (secondary N) is 2. The van der Waals surface area contributed by atoms with Gasteiger partial charge in [-0.05, 0) is 31.0 Å². The van der Waals surface area contributed by atoms with Gasteiger partial charge in [-0.1, -0.05) is 18.2 Å². The lowest BCUT2D eigenvalue weighted by Crippen LogP contribution is -2.26. The molecule has 1 amide bonds. The second-order valence-electron chi connectivity index (χ2n) is 5.48. The summed E-state index contributed by atoms with van der Waals surface area (Å²) in [5, 5.41) is 6.85. The van der Waals surface area contributed by atoms with Gasteiger partial charge in [0.1, 0.15) is 5.69 Å². The van der Waals surface area contributed by atoms with Gasteiger partial charge in [-0.15, -0.1) is 23.7 Å². The lowest BCUT2D eigenvalue weighted by molar-refractivity contribution is 0.0949. The number of nitrogens with zero attached hydrogens (tertiary/aromatic N) is 1. The number of para-hydroxylation sites is 1. The first-order chi connectivity index (χ1) is 11.2. The van der Waals surface area contributed by atoms with Crippen LogP contribution in [0.3, 0.4) is 0 Å². The summed E-state index contributed by atoms with van der Waals surface area (Å²) in [6.45, 7) is 3.23. The molecule has 128 valence electrons. The minimum absolute atomic E-state index is 0. The Morgan fingerprint density at radius 2 is 2.21 bits per heavy atom. The molecule has 7 heteroatoms. The number of aromatic nitrogens is 2. The molecule has 2 aromatic heterocycles. The number of thiazole rings is 1. The molecule has 0 bridgehead atoms. The molecule has 0 aliphatic rings. The average Bonchev–Trinajstić information content (AvgIpc) is 3.16. The third kappa shape index (κ3) is 3.95. The summed E-state index contributed by atoms with van der Waals surface area (Å²) in [6.07, 6.45) is 3.52. The van der Waals surface area contributed by atoms with Crippen LogP contribution in [0.25, 0.3) is 10.9 Å². The molecule has 3 aromatic rings. The molecule has 3 rings (SSSR count). The smallest absolute Gasteiger partial charge is 0.270 e. The first-order valence-electron chi connectivity index (χ1n) is 7.67. The highest BCUT2D eigenvalue weighted by Gasteiger charge is 2.11. The van der Waals surface area contributed by atoms with Crippen LogP contribution in [0.5, 0.6) is 0 Å². The molecule has 24 heavy (non-hydrogen) atoms. The highest BCUT2D eigenvalue weighted by molar-refractivity contribution is 7.09. The van der Waals surface area contributed by atoms with E-state index in [0.29, 0.717) is 25.2 Å². The van der Waals surface area contributed by atoms with Crippen molar-refractivity contribution in [3.8, 4) is 0 Å². The molecule has 2 heterocycles. The summed E-state index contributed by atoms with van der Waals surface area (Å²) in [7, 11) is 0. The Morgan fingerprint density at radius 3 is 3.00 bits per heavy atom. The van der Waals surface area contributed by atoms with Gasteiger partial charge < -0.3 is 16.0 Å². The predicted octanol–water partition coefficient (Wildman–Crippen LogP) is 2.83. The summed E-state index contributed by atoms with van der Waals surface area (Å²) in [5.74, 6) is -0.124. The van der Waals surface area contributed by atoms with Gasteiger partial charge in [-0.2, -0.15) is 0 Å². The van der Waals surface area contributed by atoms with Crippen molar-refractivity contribution in [2.45, 2.75) is 19.8 Å². The lowest BCUT2D eigenvalue weighted by Gasteiger charge is -2.03. The summed E-state index contributed by atoms with van der Waals surface area (Å²) in [6, 6.07) is 6.25. The topological polar surface area (TPSA) is 83.8 Å². The summed E-state index contributed by atoms with van der Waals surface area (Å²) in [4.78, 5) is 19.7. The number of halogens is 1. The van der Waals surface area contributed by atoms with E-state index in [9.17, 15) is 4.79 Å². The molecule has 0 aliphatic heterocycles. The van der Waals surface area contributed by atoms with Crippen LogP contribution in [-0.2, 0) is 12.8 Å². The van der Waals surface area contributed by atoms with Crippen LogP contribution in [0.4, 0.5) is 0 Å². The number of hydrogen-bond acceptors (Lipinski definition) is 4. The Hall–Kier alpha value is -1.89. The average molecular weight is 365 g/mol. The number of benzene rings is 1. The van der Waals surface area contributed by atoms with Gasteiger partial charge in [0.2, 0.25) is 0 Å². The van der Waals surface area contributed by atoms with Crippen LogP contribution in [0.15, 0.2) is 29.8 Å². The predicted molar refractivity (Wildman–Crippen MR) is 101 cm³/mol. The van der Waals surface area contributed by atoms with E-state index >= 15 is 0 Å². The maximum absolute atomic E-state index is 12.1. The molecule has 4 N–H and O–H groups in total. The Morgan fingerprint density at radius 1 is 1.38 bits per heavy atom. The van der Waals surface area contributed by atoms with Gasteiger partial charge in [0.25, 0.3) is 5.91 Å². The van der Waals surface area contributed by atoms with Crippen molar-refractivity contribution in [2.24, 2.45) is 5.73 Å². The zero-order valence-electron chi connectivity index (χ0n) is 13.5. The number of aromatic amines is 1. The Balaban J connectivity index is 0.00000208. The molecule has 0 saturated carbocycles. The number of amides is 1. The highest BCUT2D eigenvalue weighted by Crippen LogP contribution is 2.21. The molecular weight excluding hydrogens is 344 g/mol. The van der Waals surface area contributed by atoms with E-state index in [-0.39, 0.29) is 18.3 Å². The van der Waals surface area contributed by atoms with E-state index < -0.39 is 0 Å². The quantitative estimate of drug-likeness (QED) is 0.628. The molecule has 0 unspecified atom stereocenters. The Bertz CT molecular complexity index is 827. The zero-order chi connectivity index (χ0) is 16.2. The first kappa shape index (κ1) is 18.4. The van der Waals surface area contributed by atoms with Gasteiger partial charge in [0.15, 0.2) is 0 Å². The van der Waals surface area contributed by atoms with E-state index in [1.807, 2.05) is 6.20 Å². The van der Waals surface area contributed by atoms with Gasteiger partial charge in [0.05, 0.1) is 5.01 Å². The van der Waals surface area contributed by atoms with Gasteiger partial charge >= 0.3 is 0 Å². The van der Waals surface area contributed by atoms with Crippen LogP contribution in [0.2, 0.25) is 0 Å². The minimum atomic E-state index is -0.124. The van der Waals surface area contributed by atoms with E-state index in [2.05, 4.69) is 40.4 Å². The molecule has 0 saturated heterocycles. The number of carbonyl (C=O) groups excluding carboxylic acids is 1. The highest BCUT2D eigenvalue weighted by atomic mass is 35.5. The molecule has 0 atom stereocenters. The summed E-state index contributed by atoms with van der Waals surface area (Å²) < 4.78 is 0. The number of fused-ring (bicyclic) bond motifs is 1. The molecule has 0 fully saturated rings. The van der Waals surface area contributed by atoms with Crippen molar-refractivity contribution in [3.05, 3.63) is 51.6 Å². The number of aryl methyl sites for hydroxylation is 1. The molecule has 1 aromatic carbocycles. The van der Waals surface area contributed by atoms with E-state index in [1.54, 1.807) is 5.38 Å². The fraction of sp³-hybridized carbons (Fsp3) is 0.294. The van der Waals surface area contributed by atoms with Crippen LogP contribution >= 0.6 is 23.7 Å². The molecule has 0 radical (unpaired) electrons. The van der Waals surface area contributed by atoms with Gasteiger partial charge in [-0.3, -0.25) is 4.79 Å². The van der Waals surface area contributed by atoms with E-state index in [4.69, 9.17) is 5.73 Å². The first-order valence-corrected chi connectivity index (χ1v) is 8.55. The monoisotopic (exact) mass is 364 g/mol. The summed E-state index contributed by atoms with van der Waals surface area (Å²) >= 11 is 1.48. The van der Waals surface area contributed by atoms with E-state index in [0.717, 1.165) is 11.4 Å². The lowest BCUT2D eigenvalue weighted by atomic mass is 10.1. The van der Waals surface area contributed by atoms with E-state index in [1.165, 1.54) is 33.4 Å². The van der Waals surface area contributed by atoms with Crippen LogP contribution in [0.1, 0.15) is 26.6 Å². The van der Waals surface area contributed by atoms with Gasteiger partial charge in [0, 0.05) is 35.4 Å². The molecule has 0 spiro atoms. The van der Waals surface area contributed by atoms with Crippen LogP contribution in [-0.4, -0.2) is 29.0 Å². The van der Waals surface area contributed by atoms with Crippen LogP contribution < -0.4 is 11.1 Å². The fourth-order valence-electron chi connectivity index (χ4n) is 2.63. The number of nitrogens with two attached hydrogens (primary N) is 1. The second-order valence-corrected chi connectivity index (χ2v) is 6.43. The maximum Gasteiger partial charge on any atom is 0.270 e. The largest absolute Gasteiger partial charge is 0.361 e. The van der Waals surface area contributed by atoms with Crippen molar-refractivity contribution in [1.29, 1.82) is 0 Å². The normalized spacial score (nSPS) is 10.6. The molecule has 0 aliphatic carbocycles. The SMILES string of the molecule is Cc1cccc2c(CCNC(=O)c3csc(CCN)n3)c[nH]c12.Cl. The third-order valence-electron chi connectivity index (χ3n) is 3.83. The Kier molecular flexibility index (Phi) is 6.36. The standard InChI is InChI=1S/C17H20N4OS.ClH/c1-11-3-2-4-13-12(9-20-16(11)13)6-8-19-17(22)14-10-23-15(21-14)5-7-18;/h2-4,9-10,20H,5-8,18H2,1H3,(H,19,22);1H. The van der Waals surface area contributed by atoms with Crippen LogP contribution in [0, 0.1) is 6.92 Å². The third-order valence-corrected chi connectivity index (χ3v) is 4.74. The van der Waals surface area contributed by atoms with Gasteiger partial charge in [-0.25, -0.2) is 4.98 Å². The number of carbonyl (C=O) groups is 1. The fourth-order valence-corrected chi connectivity index (χ4v) is 3.42. The second kappa shape index (κ2) is 8.28. The molecule has 5 nitrogen and oxygen atoms in total. The summed E-state index contributed by atoms with van der Waals surface area (Å²) in [5.41, 5.74) is 9.59. The van der Waals surface area contributed by atoms with Crippen molar-refractivity contribution in [2.75, 3.05) is 13.1 Å². The molecular formula is C17H21ClN4OS. The zero-order valence-corrected chi connectivity index (χ0v) is 15.1. The van der Waals surface area contributed by atoms with Crippen molar-refractivity contribution >= 4 is 40.6 Å². The maximum atomic E-state index is 12.1. The minimum Gasteiger partial charge on any atom is -0.361 e. The van der Waals surface area contributed by atoms with Crippen molar-refractivity contribution in [3.63, 3.8) is 0 Å². The number of hydrogen-bond donors (Lipinski definition) is 3.